The van der Waals surface area contributed by atoms with Crippen LogP contribution in [0.4, 0.5) is 23.7 Å². The van der Waals surface area contributed by atoms with Gasteiger partial charge in [-0.1, -0.05) is 12.1 Å². The molecule has 0 saturated carbocycles. The van der Waals surface area contributed by atoms with Crippen molar-refractivity contribution in [3.63, 3.8) is 0 Å². The van der Waals surface area contributed by atoms with Gasteiger partial charge in [-0.15, -0.1) is 12.4 Å². The molecule has 8 nitrogen and oxygen atoms in total. The van der Waals surface area contributed by atoms with Gasteiger partial charge in [0.1, 0.15) is 6.54 Å². The first-order chi connectivity index (χ1) is 13.9. The fraction of sp³-hybridized carbons (Fsp3) is 0.111. The lowest BCUT2D eigenvalue weighted by molar-refractivity contribution is -0.122. The summed E-state index contributed by atoms with van der Waals surface area (Å²) in [5.41, 5.74) is 4.05. The van der Waals surface area contributed by atoms with Gasteiger partial charge in [-0.25, -0.2) is 14.3 Å². The van der Waals surface area contributed by atoms with Crippen LogP contribution in [0.25, 0.3) is 27.9 Å². The van der Waals surface area contributed by atoms with Crippen LogP contribution in [0.1, 0.15) is 0 Å². The number of urea groups is 1. The first kappa shape index (κ1) is 21.1. The molecule has 0 bridgehead atoms. The maximum absolute atomic E-state index is 12.2. The zero-order chi connectivity index (χ0) is 20.4. The average Bonchev–Trinajstić information content (AvgIpc) is 3.35. The van der Waals surface area contributed by atoms with Gasteiger partial charge in [0.2, 0.25) is 0 Å². The molecule has 3 aromatic heterocycles. The molecule has 0 aliphatic rings. The number of anilines is 1. The number of carbonyl (C=O) groups is 1. The number of nitrogens with zero attached hydrogens (tertiary/aromatic N) is 4. The summed E-state index contributed by atoms with van der Waals surface area (Å²) in [7, 11) is 0. The van der Waals surface area contributed by atoms with Gasteiger partial charge < -0.3 is 10.6 Å². The Morgan fingerprint density at radius 3 is 2.70 bits per heavy atom. The number of amides is 2. The van der Waals surface area contributed by atoms with Crippen molar-refractivity contribution in [3.8, 4) is 22.3 Å². The van der Waals surface area contributed by atoms with Crippen LogP contribution in [0.15, 0.2) is 55.2 Å². The number of halogens is 4. The SMILES string of the molecule is Cl.O=C(NCC(F)(F)F)Nc1cccc(-c2cnn3cc(-c4cn[nH]c4)cnc23)c1. The van der Waals surface area contributed by atoms with Crippen molar-refractivity contribution < 1.29 is 18.0 Å². The summed E-state index contributed by atoms with van der Waals surface area (Å²) in [4.78, 5) is 16.1. The first-order valence-corrected chi connectivity index (χ1v) is 8.44. The van der Waals surface area contributed by atoms with Gasteiger partial charge in [-0.05, 0) is 17.7 Å². The number of aromatic nitrogens is 5. The van der Waals surface area contributed by atoms with Crippen LogP contribution in [-0.4, -0.2) is 43.5 Å². The summed E-state index contributed by atoms with van der Waals surface area (Å²) in [6.45, 7) is -1.41. The molecular weight excluding hydrogens is 423 g/mol. The molecule has 0 radical (unpaired) electrons. The number of fused-ring (bicyclic) bond motifs is 1. The van der Waals surface area contributed by atoms with Crippen LogP contribution >= 0.6 is 12.4 Å². The third-order valence-electron chi connectivity index (χ3n) is 4.07. The van der Waals surface area contributed by atoms with Gasteiger partial charge in [0.05, 0.1) is 12.4 Å². The molecule has 0 spiro atoms. The molecule has 3 N–H and O–H groups in total. The van der Waals surface area contributed by atoms with Crippen LogP contribution in [0, 0.1) is 0 Å². The summed E-state index contributed by atoms with van der Waals surface area (Å²) in [6, 6.07) is 5.74. The Hall–Kier alpha value is -3.60. The fourth-order valence-electron chi connectivity index (χ4n) is 2.76. The molecule has 4 rings (SSSR count). The van der Waals surface area contributed by atoms with E-state index in [1.165, 1.54) is 0 Å². The van der Waals surface area contributed by atoms with Crippen molar-refractivity contribution in [1.82, 2.24) is 30.1 Å². The smallest absolute Gasteiger partial charge is 0.329 e. The Kier molecular flexibility index (Phi) is 5.92. The highest BCUT2D eigenvalue weighted by Gasteiger charge is 2.27. The minimum absolute atomic E-state index is 0. The normalized spacial score (nSPS) is 11.2. The van der Waals surface area contributed by atoms with Crippen molar-refractivity contribution in [2.24, 2.45) is 0 Å². The molecule has 0 unspecified atom stereocenters. The highest BCUT2D eigenvalue weighted by Crippen LogP contribution is 2.27. The maximum atomic E-state index is 12.2. The lowest BCUT2D eigenvalue weighted by Crippen LogP contribution is -2.36. The quantitative estimate of drug-likeness (QED) is 0.451. The van der Waals surface area contributed by atoms with E-state index in [4.69, 9.17) is 0 Å². The minimum atomic E-state index is -4.47. The average molecular weight is 438 g/mol. The molecule has 0 saturated heterocycles. The van der Waals surface area contributed by atoms with Gasteiger partial charge in [0.15, 0.2) is 5.65 Å². The predicted octanol–water partition coefficient (Wildman–Crippen LogP) is 3.89. The Morgan fingerprint density at radius 1 is 1.13 bits per heavy atom. The summed E-state index contributed by atoms with van der Waals surface area (Å²) in [5.74, 6) is 0. The zero-order valence-electron chi connectivity index (χ0n) is 15.1. The van der Waals surface area contributed by atoms with Crippen molar-refractivity contribution in [3.05, 3.63) is 55.2 Å². The first-order valence-electron chi connectivity index (χ1n) is 8.44. The van der Waals surface area contributed by atoms with Gasteiger partial charge in [-0.2, -0.15) is 23.4 Å². The number of H-pyrrole nitrogens is 1. The largest absolute Gasteiger partial charge is 0.405 e. The molecule has 0 aliphatic carbocycles. The van der Waals surface area contributed by atoms with Crippen molar-refractivity contribution >= 4 is 29.8 Å². The monoisotopic (exact) mass is 437 g/mol. The third-order valence-corrected chi connectivity index (χ3v) is 4.07. The third kappa shape index (κ3) is 4.69. The van der Waals surface area contributed by atoms with Crippen LogP contribution in [0.5, 0.6) is 0 Å². The zero-order valence-corrected chi connectivity index (χ0v) is 16.0. The highest BCUT2D eigenvalue weighted by atomic mass is 35.5. The van der Waals surface area contributed by atoms with E-state index in [1.54, 1.807) is 58.9 Å². The predicted molar refractivity (Wildman–Crippen MR) is 106 cm³/mol. The number of rotatable bonds is 4. The second-order valence-corrected chi connectivity index (χ2v) is 6.16. The van der Waals surface area contributed by atoms with Crippen LogP contribution in [0.3, 0.4) is 0 Å². The Balaban J connectivity index is 0.00000256. The number of hydrogen-bond donors (Lipinski definition) is 3. The topological polar surface area (TPSA) is 100 Å². The van der Waals surface area contributed by atoms with E-state index in [0.717, 1.165) is 11.1 Å². The number of benzene rings is 1. The van der Waals surface area contributed by atoms with Gasteiger partial charge in [0.25, 0.3) is 0 Å². The lowest BCUT2D eigenvalue weighted by Gasteiger charge is -2.10. The fourth-order valence-corrected chi connectivity index (χ4v) is 2.76. The number of alkyl halides is 3. The number of aromatic amines is 1. The number of nitrogens with one attached hydrogen (secondary N) is 3. The second kappa shape index (κ2) is 8.41. The Morgan fingerprint density at radius 2 is 1.97 bits per heavy atom. The van der Waals surface area contributed by atoms with Crippen molar-refractivity contribution in [1.29, 1.82) is 0 Å². The standard InChI is InChI=1S/C18H14F3N7O.ClH/c19-18(20,21)10-23-17(29)27-14-3-1-2-11(4-14)15-8-26-28-9-13(5-22-16(15)28)12-6-24-25-7-12;/h1-9H,10H2,(H,24,25)(H2,23,27,29);1H. The van der Waals surface area contributed by atoms with E-state index in [0.29, 0.717) is 22.5 Å². The molecule has 4 aromatic rings. The lowest BCUT2D eigenvalue weighted by atomic mass is 10.1. The van der Waals surface area contributed by atoms with Gasteiger partial charge >= 0.3 is 12.2 Å². The maximum Gasteiger partial charge on any atom is 0.405 e. The summed E-state index contributed by atoms with van der Waals surface area (Å²) >= 11 is 0. The van der Waals surface area contributed by atoms with E-state index >= 15 is 0 Å². The van der Waals surface area contributed by atoms with E-state index < -0.39 is 18.8 Å². The molecule has 0 aliphatic heterocycles. The molecule has 1 aromatic carbocycles. The molecule has 0 atom stereocenters. The number of carbonyl (C=O) groups excluding carboxylic acids is 1. The van der Waals surface area contributed by atoms with Gasteiger partial charge in [0, 0.05) is 41.0 Å². The Bertz CT molecular complexity index is 1160. The molecule has 12 heteroatoms. The van der Waals surface area contributed by atoms with Crippen LogP contribution in [0.2, 0.25) is 0 Å². The minimum Gasteiger partial charge on any atom is -0.329 e. The van der Waals surface area contributed by atoms with E-state index in [9.17, 15) is 18.0 Å². The molecule has 0 fully saturated rings. The van der Waals surface area contributed by atoms with Crippen LogP contribution in [-0.2, 0) is 0 Å². The second-order valence-electron chi connectivity index (χ2n) is 6.16. The van der Waals surface area contributed by atoms with Crippen molar-refractivity contribution in [2.45, 2.75) is 6.18 Å². The van der Waals surface area contributed by atoms with Gasteiger partial charge in [-0.3, -0.25) is 5.10 Å². The molecule has 3 heterocycles. The summed E-state index contributed by atoms with van der Waals surface area (Å²) in [5, 5.41) is 15.1. The Labute approximate surface area is 173 Å². The molecule has 2 amide bonds. The van der Waals surface area contributed by atoms with E-state index in [1.807, 2.05) is 6.20 Å². The summed E-state index contributed by atoms with van der Waals surface area (Å²) in [6.07, 6.45) is 4.07. The van der Waals surface area contributed by atoms with Crippen molar-refractivity contribution in [2.75, 3.05) is 11.9 Å². The number of hydrogen-bond acceptors (Lipinski definition) is 4. The summed E-state index contributed by atoms with van der Waals surface area (Å²) < 4.78 is 38.2. The van der Waals surface area contributed by atoms with E-state index in [-0.39, 0.29) is 12.4 Å². The van der Waals surface area contributed by atoms with E-state index in [2.05, 4.69) is 25.6 Å². The molecule has 156 valence electrons. The van der Waals surface area contributed by atoms with Crippen LogP contribution < -0.4 is 10.6 Å². The molecular formula is C18H15ClF3N7O. The highest BCUT2D eigenvalue weighted by molar-refractivity contribution is 5.90. The molecule has 30 heavy (non-hydrogen) atoms.